The number of carbonyl (C=O) groups is 1. The predicted molar refractivity (Wildman–Crippen MR) is 76.3 cm³/mol. The fraction of sp³-hybridized carbons (Fsp3) is 0.308. The third kappa shape index (κ3) is 2.54. The summed E-state index contributed by atoms with van der Waals surface area (Å²) in [6.07, 6.45) is 3.95. The Bertz CT molecular complexity index is 839. The molecule has 116 valence electrons. The second kappa shape index (κ2) is 5.09. The Morgan fingerprint density at radius 1 is 1.41 bits per heavy atom. The van der Waals surface area contributed by atoms with Crippen LogP contribution in [0, 0.1) is 0 Å². The van der Waals surface area contributed by atoms with Crippen LogP contribution in [-0.4, -0.2) is 46.0 Å². The molecule has 0 spiro atoms. The molecule has 2 aromatic rings. The van der Waals surface area contributed by atoms with Crippen LogP contribution in [0.5, 0.6) is 5.75 Å². The molecule has 2 aromatic heterocycles. The van der Waals surface area contributed by atoms with E-state index < -0.39 is 16.0 Å². The SMILES string of the molecule is COc1cc(C(=O)O)nc(-c2cnn(S(=O)(=O)C3CC3)c2)c1. The summed E-state index contributed by atoms with van der Waals surface area (Å²) in [5.41, 5.74) is 0.506. The second-order valence-electron chi connectivity index (χ2n) is 4.93. The first-order chi connectivity index (χ1) is 10.4. The molecule has 1 aliphatic carbocycles. The highest BCUT2D eigenvalue weighted by atomic mass is 32.2. The zero-order chi connectivity index (χ0) is 15.9. The van der Waals surface area contributed by atoms with Crippen molar-refractivity contribution in [3.05, 3.63) is 30.2 Å². The summed E-state index contributed by atoms with van der Waals surface area (Å²) in [4.78, 5) is 15.1. The Morgan fingerprint density at radius 3 is 2.73 bits per heavy atom. The summed E-state index contributed by atoms with van der Waals surface area (Å²) in [6.45, 7) is 0. The van der Waals surface area contributed by atoms with Crippen molar-refractivity contribution in [3.63, 3.8) is 0 Å². The van der Waals surface area contributed by atoms with E-state index in [-0.39, 0.29) is 16.6 Å². The van der Waals surface area contributed by atoms with Crippen molar-refractivity contribution in [2.45, 2.75) is 18.1 Å². The van der Waals surface area contributed by atoms with Crippen LogP contribution in [0.4, 0.5) is 0 Å². The first-order valence-corrected chi connectivity index (χ1v) is 8.01. The lowest BCUT2D eigenvalue weighted by Crippen LogP contribution is -2.17. The molecule has 3 rings (SSSR count). The molecular weight excluding hydrogens is 310 g/mol. The second-order valence-corrected chi connectivity index (χ2v) is 7.00. The van der Waals surface area contributed by atoms with Crippen LogP contribution in [0.15, 0.2) is 24.5 Å². The zero-order valence-electron chi connectivity index (χ0n) is 11.6. The standard InChI is InChI=1S/C13H13N3O5S/c1-21-9-4-11(15-12(5-9)13(17)18)8-6-14-16(7-8)22(19,20)10-2-3-10/h4-7,10H,2-3H2,1H3,(H,17,18). The van der Waals surface area contributed by atoms with Crippen molar-refractivity contribution in [2.24, 2.45) is 0 Å². The summed E-state index contributed by atoms with van der Waals surface area (Å²) in [7, 11) is -2.06. The fourth-order valence-electron chi connectivity index (χ4n) is 1.98. The highest BCUT2D eigenvalue weighted by Gasteiger charge is 2.37. The third-order valence-corrected chi connectivity index (χ3v) is 5.35. The van der Waals surface area contributed by atoms with E-state index in [1.54, 1.807) is 0 Å². The van der Waals surface area contributed by atoms with Crippen LogP contribution in [0.3, 0.4) is 0 Å². The molecule has 0 radical (unpaired) electrons. The minimum absolute atomic E-state index is 0.188. The van der Waals surface area contributed by atoms with Crippen molar-refractivity contribution >= 4 is 16.0 Å². The minimum atomic E-state index is -3.46. The van der Waals surface area contributed by atoms with Gasteiger partial charge in [-0.25, -0.2) is 18.2 Å². The van der Waals surface area contributed by atoms with Crippen molar-refractivity contribution < 1.29 is 23.1 Å². The van der Waals surface area contributed by atoms with E-state index in [9.17, 15) is 13.2 Å². The summed E-state index contributed by atoms with van der Waals surface area (Å²) in [5.74, 6) is -0.877. The summed E-state index contributed by atoms with van der Waals surface area (Å²) >= 11 is 0. The van der Waals surface area contributed by atoms with Gasteiger partial charge in [0.05, 0.1) is 30.4 Å². The van der Waals surface area contributed by atoms with E-state index in [1.807, 2.05) is 0 Å². The normalized spacial score (nSPS) is 14.8. The van der Waals surface area contributed by atoms with Gasteiger partial charge >= 0.3 is 5.97 Å². The van der Waals surface area contributed by atoms with Gasteiger partial charge in [0.1, 0.15) is 5.75 Å². The quantitative estimate of drug-likeness (QED) is 0.873. The van der Waals surface area contributed by atoms with Gasteiger partial charge in [0.2, 0.25) is 0 Å². The largest absolute Gasteiger partial charge is 0.497 e. The summed E-state index contributed by atoms with van der Waals surface area (Å²) in [6, 6.07) is 2.81. The topological polar surface area (TPSA) is 111 Å². The molecule has 22 heavy (non-hydrogen) atoms. The number of pyridine rings is 1. The number of carboxylic acids is 1. The average Bonchev–Trinajstić information content (AvgIpc) is 3.24. The van der Waals surface area contributed by atoms with Gasteiger partial charge in [0.25, 0.3) is 10.0 Å². The van der Waals surface area contributed by atoms with Gasteiger partial charge in [-0.2, -0.15) is 9.19 Å². The number of methoxy groups -OCH3 is 1. The number of hydrogen-bond donors (Lipinski definition) is 1. The van der Waals surface area contributed by atoms with Crippen LogP contribution in [0.25, 0.3) is 11.3 Å². The molecule has 0 unspecified atom stereocenters. The molecule has 9 heteroatoms. The van der Waals surface area contributed by atoms with Gasteiger partial charge in [-0.15, -0.1) is 0 Å². The highest BCUT2D eigenvalue weighted by Crippen LogP contribution is 2.30. The molecule has 0 saturated heterocycles. The van der Waals surface area contributed by atoms with Crippen LogP contribution in [-0.2, 0) is 10.0 Å². The number of aromatic carboxylic acids is 1. The van der Waals surface area contributed by atoms with Gasteiger partial charge in [0.15, 0.2) is 5.69 Å². The maximum atomic E-state index is 12.1. The molecule has 0 amide bonds. The van der Waals surface area contributed by atoms with Gasteiger partial charge in [-0.05, 0) is 12.8 Å². The molecule has 1 fully saturated rings. The van der Waals surface area contributed by atoms with Crippen LogP contribution in [0.1, 0.15) is 23.3 Å². The number of hydrogen-bond acceptors (Lipinski definition) is 6. The predicted octanol–water partition coefficient (Wildman–Crippen LogP) is 0.992. The Morgan fingerprint density at radius 2 is 2.14 bits per heavy atom. The average molecular weight is 323 g/mol. The Labute approximate surface area is 126 Å². The van der Waals surface area contributed by atoms with Crippen molar-refractivity contribution in [1.82, 2.24) is 14.2 Å². The monoisotopic (exact) mass is 323 g/mol. The Hall–Kier alpha value is -2.42. The maximum absolute atomic E-state index is 12.1. The number of nitrogens with zero attached hydrogens (tertiary/aromatic N) is 3. The first kappa shape index (κ1) is 14.5. The molecule has 1 saturated carbocycles. The molecule has 2 heterocycles. The first-order valence-electron chi connectivity index (χ1n) is 6.50. The fourth-order valence-corrected chi connectivity index (χ4v) is 3.45. The van der Waals surface area contributed by atoms with Gasteiger partial charge in [0, 0.05) is 17.7 Å². The van der Waals surface area contributed by atoms with E-state index >= 15 is 0 Å². The highest BCUT2D eigenvalue weighted by molar-refractivity contribution is 7.90. The lowest BCUT2D eigenvalue weighted by molar-refractivity contribution is 0.0690. The number of rotatable bonds is 5. The van der Waals surface area contributed by atoms with E-state index in [0.717, 1.165) is 4.09 Å². The smallest absolute Gasteiger partial charge is 0.354 e. The lowest BCUT2D eigenvalue weighted by atomic mass is 10.2. The van der Waals surface area contributed by atoms with Crippen molar-refractivity contribution in [3.8, 4) is 17.0 Å². The molecule has 0 bridgehead atoms. The van der Waals surface area contributed by atoms with Crippen LogP contribution < -0.4 is 4.74 Å². The molecule has 1 N–H and O–H groups in total. The zero-order valence-corrected chi connectivity index (χ0v) is 12.4. The molecule has 1 aliphatic rings. The van der Waals surface area contributed by atoms with Gasteiger partial charge < -0.3 is 9.84 Å². The molecular formula is C13H13N3O5S. The molecule has 0 aliphatic heterocycles. The van der Waals surface area contributed by atoms with Crippen LogP contribution in [0.2, 0.25) is 0 Å². The number of aromatic nitrogens is 3. The van der Waals surface area contributed by atoms with Gasteiger partial charge in [-0.3, -0.25) is 0 Å². The van der Waals surface area contributed by atoms with E-state index in [4.69, 9.17) is 9.84 Å². The van der Waals surface area contributed by atoms with E-state index in [0.29, 0.717) is 24.2 Å². The van der Waals surface area contributed by atoms with Gasteiger partial charge in [-0.1, -0.05) is 0 Å². The lowest BCUT2D eigenvalue weighted by Gasteiger charge is -2.04. The summed E-state index contributed by atoms with van der Waals surface area (Å²) in [5, 5.41) is 12.5. The summed E-state index contributed by atoms with van der Waals surface area (Å²) < 4.78 is 30.2. The minimum Gasteiger partial charge on any atom is -0.497 e. The Balaban J connectivity index is 2.03. The number of ether oxygens (including phenoxy) is 1. The molecule has 0 atom stereocenters. The van der Waals surface area contributed by atoms with Crippen LogP contribution >= 0.6 is 0 Å². The van der Waals surface area contributed by atoms with Crippen molar-refractivity contribution in [2.75, 3.05) is 7.11 Å². The molecule has 8 nitrogen and oxygen atoms in total. The maximum Gasteiger partial charge on any atom is 0.354 e. The molecule has 0 aromatic carbocycles. The third-order valence-electron chi connectivity index (χ3n) is 3.32. The van der Waals surface area contributed by atoms with Crippen molar-refractivity contribution in [1.29, 1.82) is 0 Å². The van der Waals surface area contributed by atoms with E-state index in [1.165, 1.54) is 31.6 Å². The van der Waals surface area contributed by atoms with E-state index in [2.05, 4.69) is 10.1 Å². The Kier molecular flexibility index (Phi) is 3.36. The number of carboxylic acid groups (broad SMARTS) is 1.